The lowest BCUT2D eigenvalue weighted by molar-refractivity contribution is 0.367. The molecule has 0 radical (unpaired) electrons. The molecule has 1 aliphatic heterocycles. The molecule has 0 spiro atoms. The zero-order valence-corrected chi connectivity index (χ0v) is 11.6. The molecule has 16 heavy (non-hydrogen) atoms. The molecule has 0 aliphatic carbocycles. The molecule has 1 unspecified atom stereocenters. The first-order chi connectivity index (χ1) is 7.58. The van der Waals surface area contributed by atoms with E-state index in [1.165, 1.54) is 24.0 Å². The van der Waals surface area contributed by atoms with Crippen LogP contribution < -0.4 is 10.1 Å². The summed E-state index contributed by atoms with van der Waals surface area (Å²) in [4.78, 5) is 0. The maximum Gasteiger partial charge on any atom is 0.138 e. The predicted octanol–water partition coefficient (Wildman–Crippen LogP) is 3.36. The van der Waals surface area contributed by atoms with Crippen molar-refractivity contribution in [2.45, 2.75) is 32.2 Å². The molecule has 88 valence electrons. The first-order valence-corrected chi connectivity index (χ1v) is 6.46. The van der Waals surface area contributed by atoms with Crippen LogP contribution in [0, 0.1) is 6.92 Å². The molecule has 1 heterocycles. The van der Waals surface area contributed by atoms with Crippen molar-refractivity contribution in [1.82, 2.24) is 5.32 Å². The van der Waals surface area contributed by atoms with Crippen LogP contribution in [0.1, 0.15) is 30.9 Å². The highest BCUT2D eigenvalue weighted by atomic mass is 79.9. The van der Waals surface area contributed by atoms with E-state index in [0.29, 0.717) is 0 Å². The second-order valence-corrected chi connectivity index (χ2v) is 5.49. The van der Waals surface area contributed by atoms with Crippen molar-refractivity contribution < 1.29 is 4.74 Å². The lowest BCUT2D eigenvalue weighted by Gasteiger charge is -2.29. The second-order valence-electron chi connectivity index (χ2n) is 4.63. The van der Waals surface area contributed by atoms with E-state index < -0.39 is 0 Å². The summed E-state index contributed by atoms with van der Waals surface area (Å²) < 4.78 is 6.58. The number of aryl methyl sites for hydroxylation is 1. The topological polar surface area (TPSA) is 21.3 Å². The Morgan fingerprint density at radius 1 is 1.44 bits per heavy atom. The number of halogens is 1. The van der Waals surface area contributed by atoms with Crippen LogP contribution in [-0.4, -0.2) is 13.7 Å². The van der Waals surface area contributed by atoms with Crippen molar-refractivity contribution in [2.75, 3.05) is 13.7 Å². The molecule has 0 amide bonds. The highest BCUT2D eigenvalue weighted by Crippen LogP contribution is 2.41. The Labute approximate surface area is 106 Å². The van der Waals surface area contributed by atoms with Gasteiger partial charge < -0.3 is 10.1 Å². The third kappa shape index (κ3) is 1.87. The van der Waals surface area contributed by atoms with Gasteiger partial charge in [-0.25, -0.2) is 0 Å². The molecule has 0 bridgehead atoms. The molecule has 1 atom stereocenters. The third-order valence-corrected chi connectivity index (χ3v) is 4.07. The lowest BCUT2D eigenvalue weighted by atomic mass is 9.86. The SMILES string of the molecule is COc1c(Br)ccc(C)c1C1(C)CCCN1. The van der Waals surface area contributed by atoms with Gasteiger partial charge in [0.25, 0.3) is 0 Å². The molecule has 3 heteroatoms. The molecule has 1 N–H and O–H groups in total. The standard InChI is InChI=1S/C13H18BrNO/c1-9-5-6-10(14)12(16-3)11(9)13(2)7-4-8-15-13/h5-6,15H,4,7-8H2,1-3H3. The molecule has 2 nitrogen and oxygen atoms in total. The Balaban J connectivity index is 2.57. The minimum Gasteiger partial charge on any atom is -0.495 e. The molecule has 1 aliphatic rings. The van der Waals surface area contributed by atoms with E-state index in [1.807, 2.05) is 0 Å². The number of hydrogen-bond donors (Lipinski definition) is 1. The van der Waals surface area contributed by atoms with Crippen LogP contribution in [-0.2, 0) is 5.54 Å². The lowest BCUT2D eigenvalue weighted by Crippen LogP contribution is -2.34. The maximum absolute atomic E-state index is 5.55. The van der Waals surface area contributed by atoms with Gasteiger partial charge in [-0.15, -0.1) is 0 Å². The fourth-order valence-electron chi connectivity index (χ4n) is 2.65. The van der Waals surface area contributed by atoms with Crippen LogP contribution in [0.15, 0.2) is 16.6 Å². The fourth-order valence-corrected chi connectivity index (χ4v) is 3.14. The van der Waals surface area contributed by atoms with Crippen molar-refractivity contribution in [1.29, 1.82) is 0 Å². The largest absolute Gasteiger partial charge is 0.495 e. The normalized spacial score (nSPS) is 24.8. The summed E-state index contributed by atoms with van der Waals surface area (Å²) in [6.45, 7) is 5.50. The molecule has 1 aromatic carbocycles. The Hall–Kier alpha value is -0.540. The van der Waals surface area contributed by atoms with E-state index in [1.54, 1.807) is 7.11 Å². The van der Waals surface area contributed by atoms with Crippen molar-refractivity contribution in [2.24, 2.45) is 0 Å². The van der Waals surface area contributed by atoms with E-state index in [2.05, 4.69) is 47.2 Å². The van der Waals surface area contributed by atoms with E-state index in [0.717, 1.165) is 16.8 Å². The van der Waals surface area contributed by atoms with Gasteiger partial charge in [0, 0.05) is 11.1 Å². The molecular formula is C13H18BrNO. The highest BCUT2D eigenvalue weighted by Gasteiger charge is 2.34. The molecule has 0 aromatic heterocycles. The quantitative estimate of drug-likeness (QED) is 0.899. The Morgan fingerprint density at radius 3 is 2.75 bits per heavy atom. The van der Waals surface area contributed by atoms with Crippen molar-refractivity contribution in [3.8, 4) is 5.75 Å². The number of rotatable bonds is 2. The maximum atomic E-state index is 5.55. The monoisotopic (exact) mass is 283 g/mol. The molecule has 1 fully saturated rings. The molecule has 1 saturated heterocycles. The van der Waals surface area contributed by atoms with Crippen LogP contribution >= 0.6 is 15.9 Å². The summed E-state index contributed by atoms with van der Waals surface area (Å²) in [6, 6.07) is 4.20. The van der Waals surface area contributed by atoms with E-state index in [9.17, 15) is 0 Å². The van der Waals surface area contributed by atoms with Crippen LogP contribution in [0.5, 0.6) is 5.75 Å². The highest BCUT2D eigenvalue weighted by molar-refractivity contribution is 9.10. The number of methoxy groups -OCH3 is 1. The summed E-state index contributed by atoms with van der Waals surface area (Å²) in [6.07, 6.45) is 2.40. The van der Waals surface area contributed by atoms with Gasteiger partial charge in [-0.3, -0.25) is 0 Å². The minimum absolute atomic E-state index is 0.0548. The number of benzene rings is 1. The Kier molecular flexibility index (Phi) is 3.27. The van der Waals surface area contributed by atoms with Crippen LogP contribution in [0.4, 0.5) is 0 Å². The van der Waals surface area contributed by atoms with Crippen LogP contribution in [0.3, 0.4) is 0 Å². The average molecular weight is 284 g/mol. The van der Waals surface area contributed by atoms with E-state index in [4.69, 9.17) is 4.74 Å². The summed E-state index contributed by atoms with van der Waals surface area (Å²) in [5.74, 6) is 0.969. The van der Waals surface area contributed by atoms with Gasteiger partial charge in [0.05, 0.1) is 11.6 Å². The number of ether oxygens (including phenoxy) is 1. The predicted molar refractivity (Wildman–Crippen MR) is 70.0 cm³/mol. The number of nitrogens with one attached hydrogen (secondary N) is 1. The van der Waals surface area contributed by atoms with Crippen LogP contribution in [0.2, 0.25) is 0 Å². The van der Waals surface area contributed by atoms with Crippen molar-refractivity contribution >= 4 is 15.9 Å². The summed E-state index contributed by atoms with van der Waals surface area (Å²) in [5, 5.41) is 3.59. The third-order valence-electron chi connectivity index (χ3n) is 3.44. The zero-order chi connectivity index (χ0) is 11.8. The minimum atomic E-state index is 0.0548. The van der Waals surface area contributed by atoms with Gasteiger partial charge in [0.1, 0.15) is 5.75 Å². The summed E-state index contributed by atoms with van der Waals surface area (Å²) >= 11 is 3.56. The van der Waals surface area contributed by atoms with Gasteiger partial charge in [0.15, 0.2) is 0 Å². The summed E-state index contributed by atoms with van der Waals surface area (Å²) in [5.41, 5.74) is 2.64. The van der Waals surface area contributed by atoms with E-state index >= 15 is 0 Å². The molecule has 0 saturated carbocycles. The Bertz CT molecular complexity index is 397. The molecular weight excluding hydrogens is 266 g/mol. The van der Waals surface area contributed by atoms with Gasteiger partial charge >= 0.3 is 0 Å². The van der Waals surface area contributed by atoms with Crippen molar-refractivity contribution in [3.05, 3.63) is 27.7 Å². The van der Waals surface area contributed by atoms with Crippen LogP contribution in [0.25, 0.3) is 0 Å². The fraction of sp³-hybridized carbons (Fsp3) is 0.538. The number of hydrogen-bond acceptors (Lipinski definition) is 2. The van der Waals surface area contributed by atoms with E-state index in [-0.39, 0.29) is 5.54 Å². The first-order valence-electron chi connectivity index (χ1n) is 5.67. The molecule has 1 aromatic rings. The van der Waals surface area contributed by atoms with Gasteiger partial charge in [0.2, 0.25) is 0 Å². The summed E-state index contributed by atoms with van der Waals surface area (Å²) in [7, 11) is 1.74. The smallest absolute Gasteiger partial charge is 0.138 e. The second kappa shape index (κ2) is 4.38. The van der Waals surface area contributed by atoms with Crippen molar-refractivity contribution in [3.63, 3.8) is 0 Å². The molecule has 2 rings (SSSR count). The van der Waals surface area contributed by atoms with Gasteiger partial charge in [-0.1, -0.05) is 6.07 Å². The zero-order valence-electron chi connectivity index (χ0n) is 10.1. The van der Waals surface area contributed by atoms with Gasteiger partial charge in [-0.05, 0) is 60.8 Å². The Morgan fingerprint density at radius 2 is 2.19 bits per heavy atom. The average Bonchev–Trinajstić information content (AvgIpc) is 2.69. The first kappa shape index (κ1) is 11.9. The van der Waals surface area contributed by atoms with Gasteiger partial charge in [-0.2, -0.15) is 0 Å².